The standard InChI is InChI=1S/C16H20N2O5S/c1-22-13-6-7-18(12(9-13)10-17)24(20,21)14-3-4-15-11(8-14)2-5-16(19)23-15/h2-5,8,12-13H,6-7,9-10,17H2,1H3. The van der Waals surface area contributed by atoms with Crippen molar-refractivity contribution in [3.8, 4) is 0 Å². The van der Waals surface area contributed by atoms with Crippen LogP contribution >= 0.6 is 0 Å². The third-order valence-electron chi connectivity index (χ3n) is 4.42. The van der Waals surface area contributed by atoms with E-state index in [0.717, 1.165) is 0 Å². The third kappa shape index (κ3) is 3.10. The largest absolute Gasteiger partial charge is 0.423 e. The number of fused-ring (bicyclic) bond motifs is 1. The first-order valence-electron chi connectivity index (χ1n) is 7.74. The lowest BCUT2D eigenvalue weighted by atomic mass is 10.0. The topological polar surface area (TPSA) is 103 Å². The molecule has 1 saturated heterocycles. The van der Waals surface area contributed by atoms with Crippen molar-refractivity contribution in [1.29, 1.82) is 0 Å². The number of rotatable bonds is 4. The van der Waals surface area contributed by atoms with Crippen LogP contribution in [-0.2, 0) is 14.8 Å². The molecule has 0 saturated carbocycles. The highest BCUT2D eigenvalue weighted by atomic mass is 32.2. The maximum Gasteiger partial charge on any atom is 0.336 e. The van der Waals surface area contributed by atoms with E-state index in [0.29, 0.717) is 30.4 Å². The van der Waals surface area contributed by atoms with E-state index >= 15 is 0 Å². The summed E-state index contributed by atoms with van der Waals surface area (Å²) < 4.78 is 37.8. The molecule has 7 nitrogen and oxygen atoms in total. The molecule has 1 fully saturated rings. The van der Waals surface area contributed by atoms with Crippen molar-refractivity contribution < 1.29 is 17.6 Å². The predicted molar refractivity (Wildman–Crippen MR) is 89.2 cm³/mol. The van der Waals surface area contributed by atoms with Gasteiger partial charge in [-0.05, 0) is 37.1 Å². The Morgan fingerprint density at radius 1 is 1.33 bits per heavy atom. The van der Waals surface area contributed by atoms with Crippen LogP contribution in [0.2, 0.25) is 0 Å². The van der Waals surface area contributed by atoms with Gasteiger partial charge in [0.15, 0.2) is 0 Å². The number of benzene rings is 1. The second kappa shape index (κ2) is 6.64. The summed E-state index contributed by atoms with van der Waals surface area (Å²) in [5, 5.41) is 0.562. The van der Waals surface area contributed by atoms with Gasteiger partial charge in [0.05, 0.1) is 11.0 Å². The minimum absolute atomic E-state index is 0.0240. The average Bonchev–Trinajstić information content (AvgIpc) is 2.60. The van der Waals surface area contributed by atoms with Crippen molar-refractivity contribution in [1.82, 2.24) is 4.31 Å². The molecule has 1 aromatic carbocycles. The van der Waals surface area contributed by atoms with Gasteiger partial charge >= 0.3 is 5.63 Å². The molecule has 1 aliphatic rings. The van der Waals surface area contributed by atoms with Crippen molar-refractivity contribution in [2.24, 2.45) is 5.73 Å². The summed E-state index contributed by atoms with van der Waals surface area (Å²) in [5.74, 6) is 0. The molecular formula is C16H20N2O5S. The van der Waals surface area contributed by atoms with E-state index in [1.165, 1.54) is 28.6 Å². The van der Waals surface area contributed by atoms with E-state index in [1.54, 1.807) is 13.2 Å². The van der Waals surface area contributed by atoms with Crippen molar-refractivity contribution in [2.45, 2.75) is 29.9 Å². The second-order valence-corrected chi connectivity index (χ2v) is 7.73. The molecule has 3 rings (SSSR count). The Kier molecular flexibility index (Phi) is 4.73. The highest BCUT2D eigenvalue weighted by Gasteiger charge is 2.36. The molecule has 2 unspecified atom stereocenters. The molecule has 130 valence electrons. The Morgan fingerprint density at radius 2 is 2.12 bits per heavy atom. The Morgan fingerprint density at radius 3 is 2.83 bits per heavy atom. The van der Waals surface area contributed by atoms with Crippen LogP contribution in [0, 0.1) is 0 Å². The molecule has 2 atom stereocenters. The van der Waals surface area contributed by atoms with Gasteiger partial charge in [-0.3, -0.25) is 0 Å². The fraction of sp³-hybridized carbons (Fsp3) is 0.438. The molecule has 1 aromatic heterocycles. The zero-order chi connectivity index (χ0) is 17.3. The molecule has 24 heavy (non-hydrogen) atoms. The number of nitrogens with zero attached hydrogens (tertiary/aromatic N) is 1. The van der Waals surface area contributed by atoms with Gasteiger partial charge in [-0.15, -0.1) is 0 Å². The molecule has 8 heteroatoms. The van der Waals surface area contributed by atoms with Crippen LogP contribution in [-0.4, -0.2) is 45.1 Å². The lowest BCUT2D eigenvalue weighted by Crippen LogP contribution is -2.51. The first kappa shape index (κ1) is 17.1. The maximum atomic E-state index is 13.0. The minimum atomic E-state index is -3.68. The summed E-state index contributed by atoms with van der Waals surface area (Å²) in [6.07, 6.45) is 1.24. The van der Waals surface area contributed by atoms with Crippen molar-refractivity contribution in [3.63, 3.8) is 0 Å². The highest BCUT2D eigenvalue weighted by molar-refractivity contribution is 7.89. The molecule has 0 bridgehead atoms. The van der Waals surface area contributed by atoms with Gasteiger partial charge in [0.2, 0.25) is 10.0 Å². The number of sulfonamides is 1. The Bertz CT molecular complexity index is 893. The van der Waals surface area contributed by atoms with E-state index in [9.17, 15) is 13.2 Å². The smallest absolute Gasteiger partial charge is 0.336 e. The summed E-state index contributed by atoms with van der Waals surface area (Å²) in [5.41, 5.74) is 5.67. The number of piperidine rings is 1. The Labute approximate surface area is 140 Å². The van der Waals surface area contributed by atoms with E-state index in [-0.39, 0.29) is 23.6 Å². The average molecular weight is 352 g/mol. The minimum Gasteiger partial charge on any atom is -0.423 e. The van der Waals surface area contributed by atoms with Gasteiger partial charge in [0.1, 0.15) is 5.58 Å². The van der Waals surface area contributed by atoms with E-state index in [4.69, 9.17) is 14.9 Å². The first-order valence-corrected chi connectivity index (χ1v) is 9.18. The quantitative estimate of drug-likeness (QED) is 0.821. The fourth-order valence-electron chi connectivity index (χ4n) is 3.08. The van der Waals surface area contributed by atoms with Gasteiger partial charge in [0.25, 0.3) is 0 Å². The van der Waals surface area contributed by atoms with Gasteiger partial charge in [-0.2, -0.15) is 4.31 Å². The Hall–Kier alpha value is -1.74. The number of methoxy groups -OCH3 is 1. The van der Waals surface area contributed by atoms with Crippen LogP contribution in [0.25, 0.3) is 11.0 Å². The van der Waals surface area contributed by atoms with Crippen LogP contribution in [0.5, 0.6) is 0 Å². The summed E-state index contributed by atoms with van der Waals surface area (Å²) in [6, 6.07) is 7.00. The monoisotopic (exact) mass is 352 g/mol. The molecule has 0 amide bonds. The number of hydrogen-bond acceptors (Lipinski definition) is 6. The summed E-state index contributed by atoms with van der Waals surface area (Å²) in [6.45, 7) is 0.603. The maximum absolute atomic E-state index is 13.0. The van der Waals surface area contributed by atoms with Crippen LogP contribution in [0.1, 0.15) is 12.8 Å². The fourth-order valence-corrected chi connectivity index (χ4v) is 4.78. The van der Waals surface area contributed by atoms with Crippen LogP contribution in [0.4, 0.5) is 0 Å². The third-order valence-corrected chi connectivity index (χ3v) is 6.36. The highest BCUT2D eigenvalue weighted by Crippen LogP contribution is 2.27. The molecule has 0 radical (unpaired) electrons. The van der Waals surface area contributed by atoms with Crippen molar-refractivity contribution in [2.75, 3.05) is 20.2 Å². The molecule has 2 aromatic rings. The van der Waals surface area contributed by atoms with E-state index in [1.807, 2.05) is 0 Å². The van der Waals surface area contributed by atoms with Gasteiger partial charge in [-0.1, -0.05) is 0 Å². The van der Waals surface area contributed by atoms with Crippen molar-refractivity contribution in [3.05, 3.63) is 40.8 Å². The molecule has 2 heterocycles. The van der Waals surface area contributed by atoms with E-state index in [2.05, 4.69) is 0 Å². The SMILES string of the molecule is COC1CCN(S(=O)(=O)c2ccc3oc(=O)ccc3c2)C(CN)C1. The second-order valence-electron chi connectivity index (χ2n) is 5.84. The van der Waals surface area contributed by atoms with Gasteiger partial charge in [-0.25, -0.2) is 13.2 Å². The summed E-state index contributed by atoms with van der Waals surface area (Å²) >= 11 is 0. The summed E-state index contributed by atoms with van der Waals surface area (Å²) in [4.78, 5) is 11.4. The Balaban J connectivity index is 1.97. The molecule has 2 N–H and O–H groups in total. The van der Waals surface area contributed by atoms with Crippen LogP contribution < -0.4 is 11.4 Å². The zero-order valence-electron chi connectivity index (χ0n) is 13.3. The number of hydrogen-bond donors (Lipinski definition) is 1. The van der Waals surface area contributed by atoms with Crippen molar-refractivity contribution >= 4 is 21.0 Å². The first-order chi connectivity index (χ1) is 11.5. The lowest BCUT2D eigenvalue weighted by molar-refractivity contribution is 0.0401. The predicted octanol–water partition coefficient (Wildman–Crippen LogP) is 0.920. The summed E-state index contributed by atoms with van der Waals surface area (Å²) in [7, 11) is -2.05. The van der Waals surface area contributed by atoms with Gasteiger partial charge in [0, 0.05) is 37.7 Å². The van der Waals surface area contributed by atoms with E-state index < -0.39 is 15.6 Å². The number of nitrogens with two attached hydrogens (primary N) is 1. The molecule has 0 aliphatic carbocycles. The zero-order valence-corrected chi connectivity index (χ0v) is 14.2. The van der Waals surface area contributed by atoms with Gasteiger partial charge < -0.3 is 14.9 Å². The molecular weight excluding hydrogens is 332 g/mol. The number of ether oxygens (including phenoxy) is 1. The van der Waals surface area contributed by atoms with Crippen LogP contribution in [0.3, 0.4) is 0 Å². The lowest BCUT2D eigenvalue weighted by Gasteiger charge is -2.37. The molecule has 1 aliphatic heterocycles. The van der Waals surface area contributed by atoms with Crippen LogP contribution in [0.15, 0.2) is 44.4 Å². The normalized spacial score (nSPS) is 22.8. The molecule has 0 spiro atoms.